The van der Waals surface area contributed by atoms with Crippen LogP contribution in [0.2, 0.25) is 0 Å². The third-order valence-electron chi connectivity index (χ3n) is 5.54. The highest BCUT2D eigenvalue weighted by Crippen LogP contribution is 2.25. The van der Waals surface area contributed by atoms with Crippen molar-refractivity contribution in [2.45, 2.75) is 59.0 Å². The number of pyridine rings is 1. The Bertz CT molecular complexity index is 1090. The SMILES string of the molecule is Cc1[nH]c(=O)c(C#N)c(C)c1CCC(=O)O[C@H](C)C(=O)Nc1ccc2c(c1)CCC2. The topological polar surface area (TPSA) is 112 Å². The van der Waals surface area contributed by atoms with Crippen molar-refractivity contribution in [3.05, 3.63) is 62.1 Å². The maximum Gasteiger partial charge on any atom is 0.306 e. The molecule has 1 aromatic carbocycles. The molecule has 1 atom stereocenters. The van der Waals surface area contributed by atoms with Crippen LogP contribution in [0.4, 0.5) is 5.69 Å². The second-order valence-electron chi connectivity index (χ2n) is 7.63. The summed E-state index contributed by atoms with van der Waals surface area (Å²) in [5.41, 5.74) is 4.80. The zero-order valence-electron chi connectivity index (χ0n) is 17.4. The first-order valence-electron chi connectivity index (χ1n) is 10.0. The number of hydrogen-bond donors (Lipinski definition) is 2. The van der Waals surface area contributed by atoms with E-state index in [4.69, 9.17) is 10.00 Å². The number of rotatable bonds is 6. The molecule has 0 radical (unpaired) electrons. The van der Waals surface area contributed by atoms with Crippen molar-refractivity contribution in [3.63, 3.8) is 0 Å². The predicted molar refractivity (Wildman–Crippen MR) is 112 cm³/mol. The summed E-state index contributed by atoms with van der Waals surface area (Å²) >= 11 is 0. The average molecular weight is 407 g/mol. The van der Waals surface area contributed by atoms with Crippen molar-refractivity contribution >= 4 is 17.6 Å². The highest BCUT2D eigenvalue weighted by Gasteiger charge is 2.20. The molecule has 30 heavy (non-hydrogen) atoms. The molecule has 156 valence electrons. The lowest BCUT2D eigenvalue weighted by molar-refractivity contribution is -0.153. The molecule has 0 saturated carbocycles. The summed E-state index contributed by atoms with van der Waals surface area (Å²) in [6, 6.07) is 7.76. The number of aryl methyl sites for hydroxylation is 3. The van der Waals surface area contributed by atoms with Gasteiger partial charge in [0.2, 0.25) is 0 Å². The van der Waals surface area contributed by atoms with Crippen molar-refractivity contribution in [2.24, 2.45) is 0 Å². The Morgan fingerprint density at radius 3 is 2.73 bits per heavy atom. The van der Waals surface area contributed by atoms with E-state index in [1.54, 1.807) is 13.8 Å². The number of H-pyrrole nitrogens is 1. The number of anilines is 1. The van der Waals surface area contributed by atoms with Crippen LogP contribution < -0.4 is 10.9 Å². The molecule has 1 heterocycles. The number of amides is 1. The number of nitrogens with zero attached hydrogens (tertiary/aromatic N) is 1. The standard InChI is InChI=1S/C23H25N3O4/c1-13-19(14(2)25-23(29)20(13)12-24)9-10-21(27)30-15(3)22(28)26-18-8-7-16-5-4-6-17(16)11-18/h7-8,11,15H,4-6,9-10H2,1-3H3,(H,25,29)(H,26,28)/t15-/m1/s1. The van der Waals surface area contributed by atoms with E-state index in [9.17, 15) is 14.4 Å². The van der Waals surface area contributed by atoms with Crippen LogP contribution in [0.15, 0.2) is 23.0 Å². The van der Waals surface area contributed by atoms with Gasteiger partial charge in [-0.05, 0) is 80.8 Å². The number of aromatic amines is 1. The number of fused-ring (bicyclic) bond motifs is 1. The number of nitriles is 1. The van der Waals surface area contributed by atoms with E-state index >= 15 is 0 Å². The van der Waals surface area contributed by atoms with Crippen LogP contribution in [-0.2, 0) is 33.6 Å². The van der Waals surface area contributed by atoms with E-state index in [1.807, 2.05) is 24.3 Å². The second kappa shape index (κ2) is 8.95. The Morgan fingerprint density at radius 1 is 1.27 bits per heavy atom. The van der Waals surface area contributed by atoms with Gasteiger partial charge in [-0.1, -0.05) is 6.07 Å². The minimum absolute atomic E-state index is 0.0368. The molecule has 1 aliphatic carbocycles. The normalized spacial score (nSPS) is 13.3. The smallest absolute Gasteiger partial charge is 0.306 e. The summed E-state index contributed by atoms with van der Waals surface area (Å²) in [5.74, 6) is -0.903. The fraction of sp³-hybridized carbons (Fsp3) is 0.391. The van der Waals surface area contributed by atoms with Gasteiger partial charge in [0.15, 0.2) is 6.10 Å². The van der Waals surface area contributed by atoms with Crippen molar-refractivity contribution in [1.29, 1.82) is 5.26 Å². The monoisotopic (exact) mass is 407 g/mol. The van der Waals surface area contributed by atoms with Crippen molar-refractivity contribution in [2.75, 3.05) is 5.32 Å². The first-order valence-corrected chi connectivity index (χ1v) is 10.0. The quantitative estimate of drug-likeness (QED) is 0.715. The zero-order valence-corrected chi connectivity index (χ0v) is 17.4. The van der Waals surface area contributed by atoms with E-state index in [2.05, 4.69) is 10.3 Å². The summed E-state index contributed by atoms with van der Waals surface area (Å²) in [6.07, 6.45) is 2.63. The molecule has 0 spiro atoms. The van der Waals surface area contributed by atoms with Crippen LogP contribution in [0.25, 0.3) is 0 Å². The molecule has 7 nitrogen and oxygen atoms in total. The van der Waals surface area contributed by atoms with Gasteiger partial charge >= 0.3 is 5.97 Å². The Labute approximate surface area is 175 Å². The maximum absolute atomic E-state index is 12.4. The molecule has 0 aliphatic heterocycles. The van der Waals surface area contributed by atoms with Crippen LogP contribution in [-0.4, -0.2) is 23.0 Å². The van der Waals surface area contributed by atoms with Gasteiger partial charge in [-0.2, -0.15) is 5.26 Å². The Kier molecular flexibility index (Phi) is 6.36. The predicted octanol–water partition coefficient (Wildman–Crippen LogP) is 2.86. The first kappa shape index (κ1) is 21.3. The molecule has 2 N–H and O–H groups in total. The number of carbonyl (C=O) groups is 2. The van der Waals surface area contributed by atoms with Gasteiger partial charge in [-0.3, -0.25) is 14.4 Å². The maximum atomic E-state index is 12.4. The number of ether oxygens (including phenoxy) is 1. The lowest BCUT2D eigenvalue weighted by atomic mass is 9.99. The Balaban J connectivity index is 1.57. The molecule has 2 aromatic rings. The lowest BCUT2D eigenvalue weighted by Gasteiger charge is -2.15. The number of nitrogens with one attached hydrogen (secondary N) is 2. The summed E-state index contributed by atoms with van der Waals surface area (Å²) in [7, 11) is 0. The zero-order chi connectivity index (χ0) is 21.8. The number of esters is 1. The lowest BCUT2D eigenvalue weighted by Crippen LogP contribution is -2.30. The van der Waals surface area contributed by atoms with Gasteiger partial charge in [0.05, 0.1) is 0 Å². The summed E-state index contributed by atoms with van der Waals surface area (Å²) in [4.78, 5) is 39.1. The van der Waals surface area contributed by atoms with Gasteiger partial charge in [-0.25, -0.2) is 0 Å². The number of aromatic nitrogens is 1. The molecule has 1 aliphatic rings. The average Bonchev–Trinajstić information content (AvgIpc) is 3.15. The van der Waals surface area contributed by atoms with Crippen LogP contribution in [0.5, 0.6) is 0 Å². The molecule has 1 aromatic heterocycles. The Hall–Kier alpha value is -3.40. The highest BCUT2D eigenvalue weighted by atomic mass is 16.5. The first-order chi connectivity index (χ1) is 14.3. The minimum Gasteiger partial charge on any atom is -0.453 e. The number of benzene rings is 1. The molecular weight excluding hydrogens is 382 g/mol. The number of hydrogen-bond acceptors (Lipinski definition) is 5. The van der Waals surface area contributed by atoms with Crippen LogP contribution in [0.3, 0.4) is 0 Å². The third kappa shape index (κ3) is 4.60. The van der Waals surface area contributed by atoms with Gasteiger partial charge in [-0.15, -0.1) is 0 Å². The van der Waals surface area contributed by atoms with E-state index in [-0.39, 0.29) is 17.9 Å². The summed E-state index contributed by atoms with van der Waals surface area (Å²) in [5, 5.41) is 11.9. The van der Waals surface area contributed by atoms with Crippen LogP contribution in [0.1, 0.15) is 53.3 Å². The molecule has 0 bridgehead atoms. The van der Waals surface area contributed by atoms with E-state index in [0.29, 0.717) is 23.4 Å². The second-order valence-corrected chi connectivity index (χ2v) is 7.63. The molecule has 0 unspecified atom stereocenters. The number of carbonyl (C=O) groups excluding carboxylic acids is 2. The fourth-order valence-electron chi connectivity index (χ4n) is 3.85. The highest BCUT2D eigenvalue weighted by molar-refractivity contribution is 5.95. The summed E-state index contributed by atoms with van der Waals surface area (Å²) in [6.45, 7) is 4.95. The minimum atomic E-state index is -0.932. The molecule has 1 amide bonds. The van der Waals surface area contributed by atoms with Crippen molar-refractivity contribution < 1.29 is 14.3 Å². The van der Waals surface area contributed by atoms with Crippen LogP contribution >= 0.6 is 0 Å². The van der Waals surface area contributed by atoms with Crippen molar-refractivity contribution in [3.8, 4) is 6.07 Å². The van der Waals surface area contributed by atoms with Gasteiger partial charge < -0.3 is 15.0 Å². The van der Waals surface area contributed by atoms with Gasteiger partial charge in [0.25, 0.3) is 11.5 Å². The van der Waals surface area contributed by atoms with Gasteiger partial charge in [0.1, 0.15) is 11.6 Å². The van der Waals surface area contributed by atoms with E-state index in [1.165, 1.54) is 18.1 Å². The van der Waals surface area contributed by atoms with Crippen molar-refractivity contribution in [1.82, 2.24) is 4.98 Å². The van der Waals surface area contributed by atoms with Crippen LogP contribution in [0, 0.1) is 25.2 Å². The van der Waals surface area contributed by atoms with Gasteiger partial charge in [0, 0.05) is 17.8 Å². The fourth-order valence-corrected chi connectivity index (χ4v) is 3.85. The largest absolute Gasteiger partial charge is 0.453 e. The molecule has 3 rings (SSSR count). The molecule has 7 heteroatoms. The molecule has 0 saturated heterocycles. The third-order valence-corrected chi connectivity index (χ3v) is 5.54. The van der Waals surface area contributed by atoms with E-state index in [0.717, 1.165) is 24.8 Å². The van der Waals surface area contributed by atoms with E-state index < -0.39 is 17.6 Å². The molecular formula is C23H25N3O4. The summed E-state index contributed by atoms with van der Waals surface area (Å²) < 4.78 is 5.27. The molecule has 0 fully saturated rings. The Morgan fingerprint density at radius 2 is 2.00 bits per heavy atom.